The van der Waals surface area contributed by atoms with Gasteiger partial charge in [-0.05, 0) is 0 Å². The van der Waals surface area contributed by atoms with Crippen molar-refractivity contribution in [2.75, 3.05) is 13.2 Å². The minimum Gasteiger partial charge on any atom is -0.459 e. The number of esters is 2. The second-order valence-corrected chi connectivity index (χ2v) is 3.11. The van der Waals surface area contributed by atoms with Crippen LogP contribution >= 0.6 is 0 Å². The van der Waals surface area contributed by atoms with Crippen LogP contribution in [-0.2, 0) is 19.1 Å². The molecule has 10 nitrogen and oxygen atoms in total. The lowest BCUT2D eigenvalue weighted by molar-refractivity contribution is -0.146. The number of H-pyrrole nitrogens is 3. The highest BCUT2D eigenvalue weighted by Gasteiger charge is 1.97. The second kappa shape index (κ2) is 9.72. The highest BCUT2D eigenvalue weighted by Crippen LogP contribution is 1.82. The predicted molar refractivity (Wildman–Crippen MR) is 70.6 cm³/mol. The van der Waals surface area contributed by atoms with Gasteiger partial charge in [0.2, 0.25) is 0 Å². The Morgan fingerprint density at radius 1 is 0.810 bits per heavy atom. The summed E-state index contributed by atoms with van der Waals surface area (Å²) in [6.45, 7) is 6.45. The van der Waals surface area contributed by atoms with Gasteiger partial charge in [0.25, 0.3) is 0 Å². The van der Waals surface area contributed by atoms with Gasteiger partial charge in [0.05, 0.1) is 0 Å². The molecule has 21 heavy (non-hydrogen) atoms. The summed E-state index contributed by atoms with van der Waals surface area (Å²) in [4.78, 5) is 56.8. The molecule has 0 fully saturated rings. The molecule has 0 aliphatic heterocycles. The Kier molecular flexibility index (Phi) is 8.25. The van der Waals surface area contributed by atoms with Gasteiger partial charge in [0.1, 0.15) is 13.2 Å². The molecule has 1 heterocycles. The lowest BCUT2D eigenvalue weighted by atomic mass is 10.6. The van der Waals surface area contributed by atoms with Crippen molar-refractivity contribution in [3.8, 4) is 0 Å². The van der Waals surface area contributed by atoms with E-state index in [0.717, 1.165) is 12.2 Å². The van der Waals surface area contributed by atoms with Gasteiger partial charge in [-0.2, -0.15) is 0 Å². The number of carbonyl (C=O) groups is 2. The molecule has 0 unspecified atom stereocenters. The fourth-order valence-corrected chi connectivity index (χ4v) is 0.805. The number of aromatic amines is 3. The van der Waals surface area contributed by atoms with E-state index < -0.39 is 29.0 Å². The average molecular weight is 299 g/mol. The van der Waals surface area contributed by atoms with E-state index in [4.69, 9.17) is 0 Å². The largest absolute Gasteiger partial charge is 0.459 e. The standard InChI is InChI=1S/C8H10O4.C3H3N3O3/c1-3-7(9)11-5-6-12-8(10)4-2;7-1-4-2(8)6-3(9)5-1/h3-4H,1-2,5-6H2;(H3,4,5,6,7,8,9). The van der Waals surface area contributed by atoms with E-state index in [9.17, 15) is 24.0 Å². The molecule has 0 amide bonds. The van der Waals surface area contributed by atoms with E-state index in [0.29, 0.717) is 0 Å². The smallest absolute Gasteiger partial charge is 0.330 e. The predicted octanol–water partition coefficient (Wildman–Crippen LogP) is -1.80. The molecule has 0 aromatic carbocycles. The van der Waals surface area contributed by atoms with Gasteiger partial charge in [-0.3, -0.25) is 15.0 Å². The van der Waals surface area contributed by atoms with Gasteiger partial charge in [0.15, 0.2) is 0 Å². The summed E-state index contributed by atoms with van der Waals surface area (Å²) in [6, 6.07) is 0. The average Bonchev–Trinajstić information content (AvgIpc) is 2.42. The summed E-state index contributed by atoms with van der Waals surface area (Å²) in [6.07, 6.45) is 2.07. The quantitative estimate of drug-likeness (QED) is 0.329. The third kappa shape index (κ3) is 9.41. The summed E-state index contributed by atoms with van der Waals surface area (Å²) >= 11 is 0. The molecule has 0 aliphatic rings. The van der Waals surface area contributed by atoms with Crippen molar-refractivity contribution in [1.82, 2.24) is 15.0 Å². The maximum atomic E-state index is 10.4. The maximum Gasteiger partial charge on any atom is 0.330 e. The van der Waals surface area contributed by atoms with Gasteiger partial charge >= 0.3 is 29.0 Å². The van der Waals surface area contributed by atoms with Crippen LogP contribution in [0, 0.1) is 0 Å². The van der Waals surface area contributed by atoms with Crippen LogP contribution < -0.4 is 17.1 Å². The van der Waals surface area contributed by atoms with Crippen LogP contribution in [0.4, 0.5) is 0 Å². The molecule has 1 rings (SSSR count). The number of carbonyl (C=O) groups excluding carboxylic acids is 2. The first-order valence-electron chi connectivity index (χ1n) is 5.40. The molecule has 114 valence electrons. The van der Waals surface area contributed by atoms with Crippen molar-refractivity contribution in [3.05, 3.63) is 56.8 Å². The summed E-state index contributed by atoms with van der Waals surface area (Å²) in [5.41, 5.74) is -2.41. The van der Waals surface area contributed by atoms with Crippen molar-refractivity contribution < 1.29 is 19.1 Å². The van der Waals surface area contributed by atoms with Crippen LogP contribution in [0.1, 0.15) is 0 Å². The molecule has 0 atom stereocenters. The summed E-state index contributed by atoms with van der Waals surface area (Å²) in [7, 11) is 0. The molecule has 1 aromatic heterocycles. The number of hydrogen-bond acceptors (Lipinski definition) is 7. The summed E-state index contributed by atoms with van der Waals surface area (Å²) in [5, 5.41) is 0. The summed E-state index contributed by atoms with van der Waals surface area (Å²) in [5.74, 6) is -1.07. The van der Waals surface area contributed by atoms with Crippen LogP contribution in [0.15, 0.2) is 39.7 Å². The fraction of sp³-hybridized carbons (Fsp3) is 0.182. The van der Waals surface area contributed by atoms with Crippen LogP contribution in [0.25, 0.3) is 0 Å². The normalized spacial score (nSPS) is 8.76. The highest BCUT2D eigenvalue weighted by atomic mass is 16.6. The SMILES string of the molecule is C=CC(=O)OCCOC(=O)C=C.O=c1[nH]c(=O)[nH]c(=O)[nH]1. The molecule has 10 heteroatoms. The Balaban J connectivity index is 0.000000394. The lowest BCUT2D eigenvalue weighted by Crippen LogP contribution is -2.34. The number of nitrogens with one attached hydrogen (secondary N) is 3. The molecule has 1 aromatic rings. The van der Waals surface area contributed by atoms with E-state index in [1.54, 1.807) is 15.0 Å². The van der Waals surface area contributed by atoms with E-state index in [-0.39, 0.29) is 13.2 Å². The minimum absolute atomic E-state index is 0.0322. The van der Waals surface area contributed by atoms with Crippen molar-refractivity contribution in [3.63, 3.8) is 0 Å². The molecule has 0 saturated heterocycles. The molecule has 0 bridgehead atoms. The molecule has 0 aliphatic carbocycles. The number of rotatable bonds is 5. The van der Waals surface area contributed by atoms with Crippen LogP contribution in [0.5, 0.6) is 0 Å². The van der Waals surface area contributed by atoms with E-state index >= 15 is 0 Å². The topological polar surface area (TPSA) is 151 Å². The first kappa shape index (κ1) is 17.8. The molecule has 0 saturated carbocycles. The van der Waals surface area contributed by atoms with Crippen LogP contribution in [-0.4, -0.2) is 40.1 Å². The zero-order chi connectivity index (χ0) is 16.3. The number of hydrogen-bond donors (Lipinski definition) is 3. The van der Waals surface area contributed by atoms with Crippen molar-refractivity contribution >= 4 is 11.9 Å². The first-order chi connectivity index (χ1) is 9.88. The Morgan fingerprint density at radius 3 is 1.33 bits per heavy atom. The summed E-state index contributed by atoms with van der Waals surface area (Å²) < 4.78 is 9.04. The van der Waals surface area contributed by atoms with Crippen molar-refractivity contribution in [2.24, 2.45) is 0 Å². The van der Waals surface area contributed by atoms with Crippen molar-refractivity contribution in [2.45, 2.75) is 0 Å². The third-order valence-electron chi connectivity index (χ3n) is 1.59. The zero-order valence-corrected chi connectivity index (χ0v) is 10.8. The number of aromatic nitrogens is 3. The van der Waals surface area contributed by atoms with E-state index in [1.807, 2.05) is 0 Å². The van der Waals surface area contributed by atoms with Gasteiger partial charge in [-0.15, -0.1) is 0 Å². The van der Waals surface area contributed by atoms with Gasteiger partial charge in [-0.25, -0.2) is 24.0 Å². The van der Waals surface area contributed by atoms with Gasteiger partial charge < -0.3 is 9.47 Å². The highest BCUT2D eigenvalue weighted by molar-refractivity contribution is 5.81. The monoisotopic (exact) mass is 299 g/mol. The second-order valence-electron chi connectivity index (χ2n) is 3.11. The Labute approximate surface area is 117 Å². The van der Waals surface area contributed by atoms with Crippen LogP contribution in [0.3, 0.4) is 0 Å². The van der Waals surface area contributed by atoms with Crippen molar-refractivity contribution in [1.29, 1.82) is 0 Å². The minimum atomic E-state index is -0.802. The van der Waals surface area contributed by atoms with Gasteiger partial charge in [-0.1, -0.05) is 13.2 Å². The Bertz CT molecular complexity index is 567. The third-order valence-corrected chi connectivity index (χ3v) is 1.59. The Morgan fingerprint density at radius 2 is 1.10 bits per heavy atom. The molecule has 3 N–H and O–H groups in total. The molecule has 0 spiro atoms. The van der Waals surface area contributed by atoms with Crippen LogP contribution in [0.2, 0.25) is 0 Å². The molecular weight excluding hydrogens is 286 g/mol. The van der Waals surface area contributed by atoms with E-state index in [1.165, 1.54) is 0 Å². The van der Waals surface area contributed by atoms with E-state index in [2.05, 4.69) is 22.6 Å². The fourth-order valence-electron chi connectivity index (χ4n) is 0.805. The molecular formula is C11H13N3O7. The first-order valence-corrected chi connectivity index (χ1v) is 5.40. The van der Waals surface area contributed by atoms with Gasteiger partial charge in [0, 0.05) is 12.2 Å². The Hall–Kier alpha value is -3.17. The number of ether oxygens (including phenoxy) is 2. The molecule has 0 radical (unpaired) electrons. The maximum absolute atomic E-state index is 10.4. The lowest BCUT2D eigenvalue weighted by Gasteiger charge is -2.01. The zero-order valence-electron chi connectivity index (χ0n) is 10.8.